The highest BCUT2D eigenvalue weighted by Crippen LogP contribution is 2.23. The molecule has 1 aliphatic carbocycles. The molecule has 2 fully saturated rings. The molecule has 7 nitrogen and oxygen atoms in total. The largest absolute Gasteiger partial charge is 0.353 e. The Labute approximate surface area is 202 Å². The fourth-order valence-corrected chi connectivity index (χ4v) is 5.80. The molecule has 0 spiro atoms. The van der Waals surface area contributed by atoms with Gasteiger partial charge in [-0.2, -0.15) is 0 Å². The maximum Gasteiger partial charge on any atom is 0.261 e. The molecule has 1 saturated heterocycles. The first-order valence-corrected chi connectivity index (χ1v) is 13.6. The first-order valence-electron chi connectivity index (χ1n) is 12.1. The van der Waals surface area contributed by atoms with Gasteiger partial charge in [0.05, 0.1) is 10.8 Å². The second kappa shape index (κ2) is 10.6. The van der Waals surface area contributed by atoms with Crippen molar-refractivity contribution in [3.05, 3.63) is 59.7 Å². The van der Waals surface area contributed by atoms with Crippen LogP contribution < -0.4 is 10.0 Å². The van der Waals surface area contributed by atoms with E-state index in [-0.39, 0.29) is 28.7 Å². The number of nitrogens with one attached hydrogen (secondary N) is 2. The Morgan fingerprint density at radius 3 is 2.24 bits per heavy atom. The summed E-state index contributed by atoms with van der Waals surface area (Å²) < 4.78 is 27.7. The van der Waals surface area contributed by atoms with E-state index in [1.165, 1.54) is 6.42 Å². The molecule has 0 bridgehead atoms. The zero-order chi connectivity index (χ0) is 24.1. The third-order valence-electron chi connectivity index (χ3n) is 6.75. The van der Waals surface area contributed by atoms with Crippen molar-refractivity contribution in [2.24, 2.45) is 5.92 Å². The standard InChI is InChI=1S/C26H33N3O4S/c1-19-9-15-24(16-10-19)34(32,33)28-23-13-11-20(12-14-23)26(31)29-17-5-6-21(18-29)25(30)27-22-7-3-2-4-8-22/h9-16,21-22,28H,2-8,17-18H2,1H3,(H,27,30)/t21-/m0/s1. The van der Waals surface area contributed by atoms with E-state index in [0.717, 1.165) is 44.1 Å². The molecule has 0 unspecified atom stereocenters. The van der Waals surface area contributed by atoms with Crippen LogP contribution in [0.3, 0.4) is 0 Å². The van der Waals surface area contributed by atoms with Crippen molar-refractivity contribution < 1.29 is 18.0 Å². The van der Waals surface area contributed by atoms with E-state index < -0.39 is 10.0 Å². The highest BCUT2D eigenvalue weighted by molar-refractivity contribution is 7.92. The summed E-state index contributed by atoms with van der Waals surface area (Å²) in [5.74, 6) is -0.256. The summed E-state index contributed by atoms with van der Waals surface area (Å²) in [6.45, 7) is 2.93. The molecule has 1 aliphatic heterocycles. The number of hydrogen-bond acceptors (Lipinski definition) is 4. The number of carbonyl (C=O) groups excluding carboxylic acids is 2. The third-order valence-corrected chi connectivity index (χ3v) is 8.14. The maximum absolute atomic E-state index is 13.1. The van der Waals surface area contributed by atoms with Gasteiger partial charge in [0.25, 0.3) is 15.9 Å². The van der Waals surface area contributed by atoms with Crippen LogP contribution in [0.4, 0.5) is 5.69 Å². The van der Waals surface area contributed by atoms with Gasteiger partial charge in [0.2, 0.25) is 5.91 Å². The van der Waals surface area contributed by atoms with Crippen LogP contribution in [0.5, 0.6) is 0 Å². The number of carbonyl (C=O) groups is 2. The topological polar surface area (TPSA) is 95.6 Å². The summed E-state index contributed by atoms with van der Waals surface area (Å²) >= 11 is 0. The Morgan fingerprint density at radius 2 is 1.56 bits per heavy atom. The molecule has 34 heavy (non-hydrogen) atoms. The lowest BCUT2D eigenvalue weighted by atomic mass is 9.93. The van der Waals surface area contributed by atoms with Crippen LogP contribution in [0.1, 0.15) is 60.9 Å². The predicted octanol–water partition coefficient (Wildman–Crippen LogP) is 4.10. The van der Waals surface area contributed by atoms with Gasteiger partial charge >= 0.3 is 0 Å². The minimum Gasteiger partial charge on any atom is -0.353 e. The van der Waals surface area contributed by atoms with Gasteiger partial charge in [-0.25, -0.2) is 8.42 Å². The Morgan fingerprint density at radius 1 is 0.882 bits per heavy atom. The van der Waals surface area contributed by atoms with Gasteiger partial charge < -0.3 is 10.2 Å². The molecule has 4 rings (SSSR count). The monoisotopic (exact) mass is 483 g/mol. The van der Waals surface area contributed by atoms with Crippen molar-refractivity contribution in [1.29, 1.82) is 0 Å². The van der Waals surface area contributed by atoms with Gasteiger partial charge in [0.1, 0.15) is 0 Å². The minimum atomic E-state index is -3.70. The van der Waals surface area contributed by atoms with E-state index in [1.54, 1.807) is 53.4 Å². The van der Waals surface area contributed by atoms with Gasteiger partial charge in [-0.05, 0) is 69.0 Å². The Hall–Kier alpha value is -2.87. The second-order valence-corrected chi connectivity index (χ2v) is 11.1. The maximum atomic E-state index is 13.1. The van der Waals surface area contributed by atoms with E-state index in [1.807, 2.05) is 6.92 Å². The number of rotatable bonds is 6. The van der Waals surface area contributed by atoms with Gasteiger partial charge in [-0.15, -0.1) is 0 Å². The molecule has 1 atom stereocenters. The lowest BCUT2D eigenvalue weighted by molar-refractivity contribution is -0.127. The van der Waals surface area contributed by atoms with Crippen LogP contribution in [0.25, 0.3) is 0 Å². The lowest BCUT2D eigenvalue weighted by Gasteiger charge is -2.33. The zero-order valence-electron chi connectivity index (χ0n) is 19.6. The summed E-state index contributed by atoms with van der Waals surface area (Å²) in [5.41, 5.74) is 1.85. The van der Waals surface area contributed by atoms with Crippen molar-refractivity contribution in [2.75, 3.05) is 17.8 Å². The van der Waals surface area contributed by atoms with Crippen molar-refractivity contribution in [1.82, 2.24) is 10.2 Å². The van der Waals surface area contributed by atoms with Gasteiger partial charge in [-0.3, -0.25) is 14.3 Å². The van der Waals surface area contributed by atoms with Crippen LogP contribution in [-0.2, 0) is 14.8 Å². The number of likely N-dealkylation sites (tertiary alicyclic amines) is 1. The molecule has 2 aliphatic rings. The molecule has 8 heteroatoms. The molecule has 1 heterocycles. The molecular weight excluding hydrogens is 450 g/mol. The number of amides is 2. The number of sulfonamides is 1. The molecule has 2 aromatic rings. The summed E-state index contributed by atoms with van der Waals surface area (Å²) in [6, 6.07) is 13.3. The van der Waals surface area contributed by atoms with E-state index >= 15 is 0 Å². The van der Waals surface area contributed by atoms with Gasteiger partial charge in [0.15, 0.2) is 0 Å². The molecule has 2 aromatic carbocycles. The van der Waals surface area contributed by atoms with Crippen LogP contribution in [0.15, 0.2) is 53.4 Å². The van der Waals surface area contributed by atoms with E-state index in [9.17, 15) is 18.0 Å². The highest BCUT2D eigenvalue weighted by Gasteiger charge is 2.30. The van der Waals surface area contributed by atoms with Crippen molar-refractivity contribution >= 4 is 27.5 Å². The van der Waals surface area contributed by atoms with E-state index in [4.69, 9.17) is 0 Å². The average molecular weight is 484 g/mol. The zero-order valence-corrected chi connectivity index (χ0v) is 20.4. The van der Waals surface area contributed by atoms with E-state index in [2.05, 4.69) is 10.0 Å². The smallest absolute Gasteiger partial charge is 0.261 e. The second-order valence-electron chi connectivity index (χ2n) is 9.43. The van der Waals surface area contributed by atoms with Crippen LogP contribution in [0, 0.1) is 12.8 Å². The number of nitrogens with zero attached hydrogens (tertiary/aromatic N) is 1. The number of anilines is 1. The van der Waals surface area contributed by atoms with E-state index in [0.29, 0.717) is 24.3 Å². The summed E-state index contributed by atoms with van der Waals surface area (Å²) in [5, 5.41) is 3.19. The van der Waals surface area contributed by atoms with Crippen molar-refractivity contribution in [2.45, 2.75) is 62.8 Å². The predicted molar refractivity (Wildman–Crippen MR) is 132 cm³/mol. The molecule has 1 saturated carbocycles. The molecule has 0 aromatic heterocycles. The van der Waals surface area contributed by atoms with Gasteiger partial charge in [-0.1, -0.05) is 37.0 Å². The number of hydrogen-bond donors (Lipinski definition) is 2. The van der Waals surface area contributed by atoms with Crippen molar-refractivity contribution in [3.8, 4) is 0 Å². The van der Waals surface area contributed by atoms with Crippen LogP contribution in [-0.4, -0.2) is 44.3 Å². The summed E-state index contributed by atoms with van der Waals surface area (Å²) in [6.07, 6.45) is 7.24. The SMILES string of the molecule is Cc1ccc(S(=O)(=O)Nc2ccc(C(=O)N3CCC[C@H](C(=O)NC4CCCCC4)C3)cc2)cc1. The average Bonchev–Trinajstić information content (AvgIpc) is 2.85. The third kappa shape index (κ3) is 5.97. The highest BCUT2D eigenvalue weighted by atomic mass is 32.2. The number of aryl methyl sites for hydroxylation is 1. The molecular formula is C26H33N3O4S. The number of piperidine rings is 1. The first-order chi connectivity index (χ1) is 16.3. The van der Waals surface area contributed by atoms with Crippen LogP contribution in [0.2, 0.25) is 0 Å². The van der Waals surface area contributed by atoms with Gasteiger partial charge in [0, 0.05) is 30.4 Å². The summed E-state index contributed by atoms with van der Waals surface area (Å²) in [4.78, 5) is 27.8. The molecule has 182 valence electrons. The molecule has 2 N–H and O–H groups in total. The lowest BCUT2D eigenvalue weighted by Crippen LogP contribution is -2.47. The fourth-order valence-electron chi connectivity index (χ4n) is 4.74. The minimum absolute atomic E-state index is 0.0604. The van der Waals surface area contributed by atoms with Crippen molar-refractivity contribution in [3.63, 3.8) is 0 Å². The number of benzene rings is 2. The first kappa shape index (κ1) is 24.3. The normalized spacial score (nSPS) is 19.4. The fraction of sp³-hybridized carbons (Fsp3) is 0.462. The quantitative estimate of drug-likeness (QED) is 0.647. The molecule has 0 radical (unpaired) electrons. The summed E-state index contributed by atoms with van der Waals surface area (Å²) in [7, 11) is -3.70. The van der Waals surface area contributed by atoms with Crippen LogP contribution >= 0.6 is 0 Å². The Balaban J connectivity index is 1.36. The molecule has 2 amide bonds. The Kier molecular flexibility index (Phi) is 7.56. The Bertz CT molecular complexity index is 1110.